The minimum atomic E-state index is -1.41. The van der Waals surface area contributed by atoms with E-state index in [4.69, 9.17) is 5.11 Å². The van der Waals surface area contributed by atoms with Crippen LogP contribution in [0.5, 0.6) is 0 Å². The summed E-state index contributed by atoms with van der Waals surface area (Å²) < 4.78 is 0. The number of aliphatic hydroxyl groups excluding tert-OH is 1. The maximum atomic E-state index is 12.6. The van der Waals surface area contributed by atoms with Crippen LogP contribution < -0.4 is 0 Å². The van der Waals surface area contributed by atoms with Gasteiger partial charge in [-0.15, -0.1) is 0 Å². The summed E-state index contributed by atoms with van der Waals surface area (Å²) in [5, 5.41) is 41.6. The molecule has 1 aliphatic rings. The number of likely N-dealkylation sites (tertiary alicyclic amines) is 1. The van der Waals surface area contributed by atoms with Crippen LogP contribution in [-0.2, 0) is 14.4 Å². The molecule has 12 nitrogen and oxygen atoms in total. The molecule has 0 bridgehead atoms. The summed E-state index contributed by atoms with van der Waals surface area (Å²) in [7, 11) is 0. The highest BCUT2D eigenvalue weighted by Gasteiger charge is 2.46. The molecule has 0 saturated carbocycles. The van der Waals surface area contributed by atoms with Gasteiger partial charge in [0.1, 0.15) is 12.3 Å². The lowest BCUT2D eigenvalue weighted by Crippen LogP contribution is -2.34. The Morgan fingerprint density at radius 1 is 0.903 bits per heavy atom. The second-order valence-corrected chi connectivity index (χ2v) is 6.47. The summed E-state index contributed by atoms with van der Waals surface area (Å²) in [5.41, 5.74) is -0.821. The number of aliphatic carboxylic acids is 1. The molecule has 12 heteroatoms. The molecule has 31 heavy (non-hydrogen) atoms. The third-order valence-corrected chi connectivity index (χ3v) is 4.62. The lowest BCUT2D eigenvalue weighted by atomic mass is 9.95. The molecule has 0 unspecified atom stereocenters. The summed E-state index contributed by atoms with van der Waals surface area (Å²) in [6.45, 7) is -0.858. The standard InChI is InChI=1S/C19H13N3O9/c23-14(24)9-20-16(10-1-5-12(6-2-10)21(28)29)15(18(26)19(20)27)17(25)11-3-7-13(8-4-11)22(30)31/h1-8,16,25H,9H2,(H,23,24)/t16-/m1/s1. The highest BCUT2D eigenvalue weighted by Crippen LogP contribution is 2.39. The first-order valence-corrected chi connectivity index (χ1v) is 8.61. The lowest BCUT2D eigenvalue weighted by Gasteiger charge is -2.23. The number of Topliss-reactive ketones (excluding diaryl/α,β-unsaturated/α-hetero) is 1. The number of nitro benzene ring substituents is 2. The van der Waals surface area contributed by atoms with Crippen LogP contribution in [0.4, 0.5) is 11.4 Å². The number of amides is 1. The highest BCUT2D eigenvalue weighted by molar-refractivity contribution is 6.46. The van der Waals surface area contributed by atoms with Crippen LogP contribution in [-0.4, -0.2) is 49.2 Å². The summed E-state index contributed by atoms with van der Waals surface area (Å²) in [6.07, 6.45) is 0. The number of non-ortho nitro benzene ring substituents is 2. The summed E-state index contributed by atoms with van der Waals surface area (Å²) in [6, 6.07) is 7.90. The van der Waals surface area contributed by atoms with Gasteiger partial charge in [0, 0.05) is 29.8 Å². The largest absolute Gasteiger partial charge is 0.507 e. The van der Waals surface area contributed by atoms with Crippen molar-refractivity contribution in [1.29, 1.82) is 0 Å². The predicted molar refractivity (Wildman–Crippen MR) is 103 cm³/mol. The Labute approximate surface area is 172 Å². The van der Waals surface area contributed by atoms with Crippen molar-refractivity contribution < 1.29 is 34.4 Å². The van der Waals surface area contributed by atoms with E-state index < -0.39 is 51.4 Å². The molecule has 1 aliphatic heterocycles. The molecule has 0 aromatic heterocycles. The van der Waals surface area contributed by atoms with Crippen molar-refractivity contribution in [3.8, 4) is 0 Å². The van der Waals surface area contributed by atoms with E-state index in [1.165, 1.54) is 24.3 Å². The molecule has 158 valence electrons. The Morgan fingerprint density at radius 3 is 1.84 bits per heavy atom. The van der Waals surface area contributed by atoms with Crippen molar-refractivity contribution >= 4 is 34.8 Å². The zero-order valence-electron chi connectivity index (χ0n) is 15.5. The van der Waals surface area contributed by atoms with Crippen LogP contribution in [0.25, 0.3) is 5.76 Å². The molecule has 1 heterocycles. The van der Waals surface area contributed by atoms with E-state index in [1.54, 1.807) is 0 Å². The first kappa shape index (κ1) is 21.1. The van der Waals surface area contributed by atoms with Crippen LogP contribution in [0.1, 0.15) is 17.2 Å². The van der Waals surface area contributed by atoms with Crippen LogP contribution in [0.2, 0.25) is 0 Å². The number of carbonyl (C=O) groups is 3. The van der Waals surface area contributed by atoms with Gasteiger partial charge >= 0.3 is 5.97 Å². The predicted octanol–water partition coefficient (Wildman–Crippen LogP) is 2.01. The van der Waals surface area contributed by atoms with Crippen LogP contribution in [0.3, 0.4) is 0 Å². The molecule has 1 fully saturated rings. The number of carboxylic acids is 1. The molecule has 2 aromatic carbocycles. The van der Waals surface area contributed by atoms with E-state index in [0.29, 0.717) is 0 Å². The van der Waals surface area contributed by atoms with Crippen molar-refractivity contribution in [3.63, 3.8) is 0 Å². The van der Waals surface area contributed by atoms with Crippen molar-refractivity contribution in [3.05, 3.63) is 85.5 Å². The van der Waals surface area contributed by atoms with E-state index in [-0.39, 0.29) is 22.5 Å². The topological polar surface area (TPSA) is 181 Å². The van der Waals surface area contributed by atoms with Gasteiger partial charge in [0.15, 0.2) is 0 Å². The maximum absolute atomic E-state index is 12.6. The highest BCUT2D eigenvalue weighted by atomic mass is 16.6. The first-order chi connectivity index (χ1) is 14.6. The lowest BCUT2D eigenvalue weighted by molar-refractivity contribution is -0.385. The van der Waals surface area contributed by atoms with Gasteiger partial charge < -0.3 is 15.1 Å². The smallest absolute Gasteiger partial charge is 0.323 e. The average molecular weight is 427 g/mol. The third kappa shape index (κ3) is 3.94. The number of nitrogens with zero attached hydrogens (tertiary/aromatic N) is 3. The Hall–Kier alpha value is -4.61. The second-order valence-electron chi connectivity index (χ2n) is 6.47. The van der Waals surface area contributed by atoms with Crippen LogP contribution in [0.15, 0.2) is 54.1 Å². The molecule has 1 atom stereocenters. The first-order valence-electron chi connectivity index (χ1n) is 8.61. The van der Waals surface area contributed by atoms with E-state index in [9.17, 15) is 39.7 Å². The Kier molecular flexibility index (Phi) is 5.46. The number of rotatable bonds is 6. The Morgan fingerprint density at radius 2 is 1.39 bits per heavy atom. The van der Waals surface area contributed by atoms with Gasteiger partial charge in [-0.05, 0) is 29.8 Å². The molecule has 0 radical (unpaired) electrons. The summed E-state index contributed by atoms with van der Waals surface area (Å²) in [4.78, 5) is 57.4. The van der Waals surface area contributed by atoms with Gasteiger partial charge in [-0.3, -0.25) is 34.6 Å². The number of nitro groups is 2. The second kappa shape index (κ2) is 8.02. The molecular formula is C19H13N3O9. The van der Waals surface area contributed by atoms with E-state index in [2.05, 4.69) is 0 Å². The van der Waals surface area contributed by atoms with Crippen molar-refractivity contribution in [2.45, 2.75) is 6.04 Å². The Bertz CT molecular complexity index is 1140. The van der Waals surface area contributed by atoms with Gasteiger partial charge in [-0.25, -0.2) is 0 Å². The number of benzene rings is 2. The van der Waals surface area contributed by atoms with Crippen molar-refractivity contribution in [1.82, 2.24) is 4.90 Å². The summed E-state index contributed by atoms with van der Waals surface area (Å²) in [5.74, 6) is -4.40. The van der Waals surface area contributed by atoms with Gasteiger partial charge in [0.25, 0.3) is 23.1 Å². The van der Waals surface area contributed by atoms with E-state index in [1.807, 2.05) is 0 Å². The number of hydrogen-bond acceptors (Lipinski definition) is 8. The molecular weight excluding hydrogens is 414 g/mol. The summed E-state index contributed by atoms with van der Waals surface area (Å²) >= 11 is 0. The number of hydrogen-bond donors (Lipinski definition) is 2. The third-order valence-electron chi connectivity index (χ3n) is 4.62. The number of ketones is 1. The van der Waals surface area contributed by atoms with Gasteiger partial charge in [-0.1, -0.05) is 0 Å². The van der Waals surface area contributed by atoms with Gasteiger partial charge in [0.2, 0.25) is 0 Å². The fraction of sp³-hybridized carbons (Fsp3) is 0.105. The maximum Gasteiger partial charge on any atom is 0.323 e. The van der Waals surface area contributed by atoms with E-state index in [0.717, 1.165) is 29.2 Å². The van der Waals surface area contributed by atoms with Crippen molar-refractivity contribution in [2.24, 2.45) is 0 Å². The van der Waals surface area contributed by atoms with E-state index >= 15 is 0 Å². The zero-order valence-corrected chi connectivity index (χ0v) is 15.5. The zero-order chi connectivity index (χ0) is 22.9. The fourth-order valence-electron chi connectivity index (χ4n) is 3.21. The molecule has 2 N–H and O–H groups in total. The monoisotopic (exact) mass is 427 g/mol. The normalized spacial score (nSPS) is 17.5. The fourth-order valence-corrected chi connectivity index (χ4v) is 3.21. The molecule has 0 spiro atoms. The quantitative estimate of drug-likeness (QED) is 0.229. The Balaban J connectivity index is 2.16. The molecule has 0 aliphatic carbocycles. The minimum absolute atomic E-state index is 0.00848. The van der Waals surface area contributed by atoms with Crippen molar-refractivity contribution in [2.75, 3.05) is 6.54 Å². The van der Waals surface area contributed by atoms with Crippen LogP contribution >= 0.6 is 0 Å². The average Bonchev–Trinajstić information content (AvgIpc) is 2.97. The van der Waals surface area contributed by atoms with Gasteiger partial charge in [0.05, 0.1) is 21.5 Å². The number of carbonyl (C=O) groups excluding carboxylic acids is 2. The van der Waals surface area contributed by atoms with Gasteiger partial charge in [-0.2, -0.15) is 0 Å². The molecule has 1 amide bonds. The molecule has 2 aromatic rings. The molecule has 1 saturated heterocycles. The number of carboxylic acid groups (broad SMARTS) is 1. The van der Waals surface area contributed by atoms with Crippen LogP contribution in [0, 0.1) is 20.2 Å². The minimum Gasteiger partial charge on any atom is -0.507 e. The number of aliphatic hydroxyl groups is 1. The molecule has 3 rings (SSSR count). The SMILES string of the molecule is O=C(O)CN1C(=O)C(=O)C(=C(O)c2ccc([N+](=O)[O-])cc2)[C@H]1c1ccc([N+](=O)[O-])cc1.